The van der Waals surface area contributed by atoms with Gasteiger partial charge in [-0.25, -0.2) is 13.8 Å². The van der Waals surface area contributed by atoms with E-state index in [2.05, 4.69) is 0 Å². The molecular weight excluding hydrogens is 458 g/mol. The second-order valence-corrected chi connectivity index (χ2v) is 9.44. The lowest BCUT2D eigenvalue weighted by Crippen LogP contribution is -2.25. The van der Waals surface area contributed by atoms with Crippen LogP contribution in [0.4, 0.5) is 4.39 Å². The molecule has 182 valence electrons. The van der Waals surface area contributed by atoms with Crippen LogP contribution in [0.1, 0.15) is 50.7 Å². The average molecular weight is 488 g/mol. The fourth-order valence-corrected chi connectivity index (χ4v) is 4.99. The lowest BCUT2D eigenvalue weighted by molar-refractivity contribution is -0.132. The number of carbonyl (C=O) groups is 1. The normalized spacial score (nSPS) is 12.1. The van der Waals surface area contributed by atoms with E-state index in [0.717, 1.165) is 23.6 Å². The molecule has 0 aliphatic heterocycles. The van der Waals surface area contributed by atoms with E-state index < -0.39 is 25.1 Å². The smallest absolute Gasteiger partial charge is 0.435 e. The molecule has 0 atom stereocenters. The maximum Gasteiger partial charge on any atom is 0.435 e. The zero-order valence-electron chi connectivity index (χ0n) is 19.4. The number of carboxylic acids is 1. The summed E-state index contributed by atoms with van der Waals surface area (Å²) in [4.78, 5) is 12.1. The summed E-state index contributed by atoms with van der Waals surface area (Å²) in [5, 5.41) is 19.5. The summed E-state index contributed by atoms with van der Waals surface area (Å²) in [6.45, 7) is 3.93. The van der Waals surface area contributed by atoms with Gasteiger partial charge in [0.1, 0.15) is 11.9 Å². The van der Waals surface area contributed by atoms with Crippen LogP contribution in [-0.4, -0.2) is 29.0 Å². The van der Waals surface area contributed by atoms with Crippen molar-refractivity contribution in [2.24, 2.45) is 0 Å². The van der Waals surface area contributed by atoms with Crippen molar-refractivity contribution in [1.82, 2.24) is 4.67 Å². The number of benzene rings is 2. The molecule has 0 unspecified atom stereocenters. The van der Waals surface area contributed by atoms with E-state index in [4.69, 9.17) is 9.05 Å². The Hall–Kier alpha value is -2.98. The van der Waals surface area contributed by atoms with Gasteiger partial charge in [0.15, 0.2) is 5.57 Å². The summed E-state index contributed by atoms with van der Waals surface area (Å²) in [6.07, 6.45) is 2.70. The highest BCUT2D eigenvalue weighted by Crippen LogP contribution is 2.57. The van der Waals surface area contributed by atoms with E-state index in [9.17, 15) is 24.1 Å². The highest BCUT2D eigenvalue weighted by Gasteiger charge is 2.39. The lowest BCUT2D eigenvalue weighted by Gasteiger charge is -2.34. The number of aliphatic carboxylic acids is 1. The van der Waals surface area contributed by atoms with Gasteiger partial charge in [0, 0.05) is 5.56 Å². The number of unbranched alkanes of at least 4 members (excludes halogenated alkanes) is 2. The molecule has 0 amide bonds. The molecule has 7 nitrogen and oxygen atoms in total. The maximum absolute atomic E-state index is 15.0. The molecule has 0 saturated carbocycles. The summed E-state index contributed by atoms with van der Waals surface area (Å²) >= 11 is 0. The van der Waals surface area contributed by atoms with Crippen molar-refractivity contribution in [2.75, 3.05) is 13.2 Å². The number of nitriles is 1. The molecule has 0 spiro atoms. The number of hydrogen-bond donors (Lipinski definition) is 1. The molecule has 0 aliphatic carbocycles. The first-order valence-electron chi connectivity index (χ1n) is 11.2. The summed E-state index contributed by atoms with van der Waals surface area (Å²) in [6, 6.07) is 15.9. The van der Waals surface area contributed by atoms with Crippen molar-refractivity contribution in [3.05, 3.63) is 77.1 Å². The molecule has 2 rings (SSSR count). The summed E-state index contributed by atoms with van der Waals surface area (Å²) < 4.78 is 41.9. The fourth-order valence-electron chi connectivity index (χ4n) is 3.13. The van der Waals surface area contributed by atoms with Gasteiger partial charge in [-0.05, 0) is 30.5 Å². The van der Waals surface area contributed by atoms with Crippen molar-refractivity contribution < 1.29 is 27.9 Å². The Balaban J connectivity index is 2.78. The number of halogens is 1. The van der Waals surface area contributed by atoms with Gasteiger partial charge in [-0.15, -0.1) is 0 Å². The largest absolute Gasteiger partial charge is 0.477 e. The van der Waals surface area contributed by atoms with Crippen LogP contribution < -0.4 is 0 Å². The number of rotatable bonds is 14. The van der Waals surface area contributed by atoms with Crippen LogP contribution in [0.5, 0.6) is 0 Å². The van der Waals surface area contributed by atoms with Crippen LogP contribution in [0.3, 0.4) is 0 Å². The molecule has 9 heteroatoms. The molecule has 34 heavy (non-hydrogen) atoms. The van der Waals surface area contributed by atoms with Gasteiger partial charge in [-0.3, -0.25) is 13.7 Å². The van der Waals surface area contributed by atoms with Gasteiger partial charge in [0.2, 0.25) is 0 Å². The molecule has 0 aliphatic rings. The van der Waals surface area contributed by atoms with E-state index >= 15 is 0 Å². The topological polar surface area (TPSA) is 99.9 Å². The highest BCUT2D eigenvalue weighted by atomic mass is 31.2. The van der Waals surface area contributed by atoms with Gasteiger partial charge in [-0.2, -0.15) is 5.26 Å². The van der Waals surface area contributed by atoms with Gasteiger partial charge in [0.05, 0.1) is 25.5 Å². The number of nitrogens with zero attached hydrogens (tertiary/aromatic N) is 2. The molecule has 0 bridgehead atoms. The maximum atomic E-state index is 15.0. The first kappa shape index (κ1) is 27.3. The van der Waals surface area contributed by atoms with E-state index in [0.29, 0.717) is 18.4 Å². The Morgan fingerprint density at radius 2 is 1.59 bits per heavy atom. The molecule has 1 N–H and O–H groups in total. The molecule has 2 aromatic carbocycles. The minimum Gasteiger partial charge on any atom is -0.477 e. The van der Waals surface area contributed by atoms with Crippen LogP contribution in [0.2, 0.25) is 0 Å². The van der Waals surface area contributed by atoms with Crippen molar-refractivity contribution in [3.8, 4) is 6.07 Å². The predicted octanol–water partition coefficient (Wildman–Crippen LogP) is 6.39. The average Bonchev–Trinajstić information content (AvgIpc) is 2.82. The third-order valence-electron chi connectivity index (χ3n) is 4.93. The Kier molecular flexibility index (Phi) is 11.0. The third kappa shape index (κ3) is 7.26. The zero-order chi connectivity index (χ0) is 25.0. The lowest BCUT2D eigenvalue weighted by atomic mass is 10.1. The SMILES string of the molecule is CCCCOP(=O)(OCCCC)N(Cc1ccccc1)C(=C(C#N)C(=O)O)c1ccccc1F. The van der Waals surface area contributed by atoms with Crippen LogP contribution in [-0.2, 0) is 25.0 Å². The van der Waals surface area contributed by atoms with E-state index in [1.165, 1.54) is 18.2 Å². The van der Waals surface area contributed by atoms with Gasteiger partial charge >= 0.3 is 13.7 Å². The third-order valence-corrected chi connectivity index (χ3v) is 6.88. The summed E-state index contributed by atoms with van der Waals surface area (Å²) in [5.41, 5.74) is -0.652. The van der Waals surface area contributed by atoms with Crippen molar-refractivity contribution in [2.45, 2.75) is 46.1 Å². The molecular formula is C25H30FN2O5P. The van der Waals surface area contributed by atoms with Gasteiger partial charge < -0.3 is 5.11 Å². The van der Waals surface area contributed by atoms with Crippen molar-refractivity contribution in [1.29, 1.82) is 5.26 Å². The first-order chi connectivity index (χ1) is 16.4. The van der Waals surface area contributed by atoms with Crippen LogP contribution in [0, 0.1) is 17.1 Å². The van der Waals surface area contributed by atoms with E-state index in [1.807, 2.05) is 13.8 Å². The number of hydrogen-bond acceptors (Lipinski definition) is 5. The molecule has 0 fully saturated rings. The van der Waals surface area contributed by atoms with Crippen LogP contribution in [0.25, 0.3) is 5.70 Å². The Labute approximate surface area is 200 Å². The van der Waals surface area contributed by atoms with E-state index in [1.54, 1.807) is 36.4 Å². The second kappa shape index (κ2) is 13.7. The molecule has 0 saturated heterocycles. The first-order valence-corrected chi connectivity index (χ1v) is 12.7. The Bertz CT molecular complexity index is 1050. The Morgan fingerprint density at radius 1 is 1.03 bits per heavy atom. The highest BCUT2D eigenvalue weighted by molar-refractivity contribution is 7.51. The van der Waals surface area contributed by atoms with Crippen LogP contribution in [0.15, 0.2) is 60.2 Å². The minimum atomic E-state index is -4.21. The fraction of sp³-hybridized carbons (Fsp3) is 0.360. The van der Waals surface area contributed by atoms with Crippen LogP contribution >= 0.6 is 7.75 Å². The van der Waals surface area contributed by atoms with E-state index in [-0.39, 0.29) is 31.0 Å². The summed E-state index contributed by atoms with van der Waals surface area (Å²) in [7, 11) is -4.21. The minimum absolute atomic E-state index is 0.0880. The second-order valence-electron chi connectivity index (χ2n) is 7.51. The predicted molar refractivity (Wildman–Crippen MR) is 128 cm³/mol. The van der Waals surface area contributed by atoms with Crippen molar-refractivity contribution in [3.63, 3.8) is 0 Å². The monoisotopic (exact) mass is 488 g/mol. The van der Waals surface area contributed by atoms with Gasteiger partial charge in [0.25, 0.3) is 0 Å². The molecule has 2 aromatic rings. The van der Waals surface area contributed by atoms with Crippen molar-refractivity contribution >= 4 is 19.4 Å². The van der Waals surface area contributed by atoms with Gasteiger partial charge in [-0.1, -0.05) is 69.2 Å². The molecule has 0 aromatic heterocycles. The quantitative estimate of drug-likeness (QED) is 0.142. The number of carboxylic acid groups (broad SMARTS) is 1. The Morgan fingerprint density at radius 3 is 2.09 bits per heavy atom. The zero-order valence-corrected chi connectivity index (χ0v) is 20.3. The summed E-state index contributed by atoms with van der Waals surface area (Å²) in [5.74, 6) is -2.34. The molecule has 0 radical (unpaired) electrons. The standard InChI is InChI=1S/C25H30FN2O5P/c1-3-5-16-32-34(31,33-17-6-4-2)28(19-20-12-8-7-9-13-20)24(22(18-27)25(29)30)21-14-10-11-15-23(21)26/h7-15H,3-6,16-17,19H2,1-2H3,(H,29,30). The molecule has 0 heterocycles.